The number of hydrogen-bond acceptors (Lipinski definition) is 4. The first-order valence-corrected chi connectivity index (χ1v) is 12.9. The number of hydrogen-bond donors (Lipinski definition) is 1. The van der Waals surface area contributed by atoms with Crippen molar-refractivity contribution in [1.82, 2.24) is 14.6 Å². The van der Waals surface area contributed by atoms with E-state index in [1.807, 2.05) is 25.1 Å². The number of nitrogens with one attached hydrogen (secondary N) is 1. The maximum absolute atomic E-state index is 14.4. The molecule has 2 aromatic rings. The molecule has 0 atom stereocenters. The molecule has 6 nitrogen and oxygen atoms in total. The van der Waals surface area contributed by atoms with E-state index in [-0.39, 0.29) is 24.9 Å². The average Bonchev–Trinajstić information content (AvgIpc) is 3.63. The Morgan fingerprint density at radius 3 is 2.52 bits per heavy atom. The van der Waals surface area contributed by atoms with Crippen LogP contribution in [0.25, 0.3) is 0 Å². The van der Waals surface area contributed by atoms with E-state index in [0.29, 0.717) is 37.4 Å². The molecule has 1 N–H and O–H groups in total. The van der Waals surface area contributed by atoms with Crippen molar-refractivity contribution in [3.63, 3.8) is 0 Å². The predicted molar refractivity (Wildman–Crippen MR) is 122 cm³/mol. The van der Waals surface area contributed by atoms with Crippen LogP contribution in [0.1, 0.15) is 47.4 Å². The lowest BCUT2D eigenvalue weighted by atomic mass is 9.75. The molecule has 2 heterocycles. The highest BCUT2D eigenvalue weighted by Gasteiger charge is 2.45. The summed E-state index contributed by atoms with van der Waals surface area (Å²) in [6, 6.07) is 6.23. The molecule has 11 heteroatoms. The van der Waals surface area contributed by atoms with Crippen LogP contribution in [0.4, 0.5) is 8.78 Å². The van der Waals surface area contributed by atoms with E-state index in [1.54, 1.807) is 0 Å². The first-order valence-electron chi connectivity index (χ1n) is 10.6. The Morgan fingerprint density at radius 1 is 1.24 bits per heavy atom. The van der Waals surface area contributed by atoms with E-state index >= 15 is 0 Å². The number of sulfonamides is 1. The van der Waals surface area contributed by atoms with Crippen LogP contribution in [-0.4, -0.2) is 48.5 Å². The van der Waals surface area contributed by atoms with Crippen molar-refractivity contribution in [1.29, 1.82) is 0 Å². The van der Waals surface area contributed by atoms with Gasteiger partial charge >= 0.3 is 0 Å². The van der Waals surface area contributed by atoms with Crippen molar-refractivity contribution in [2.75, 3.05) is 19.6 Å². The third-order valence-electron chi connectivity index (χ3n) is 6.35. The molecule has 2 aliphatic rings. The van der Waals surface area contributed by atoms with E-state index in [0.717, 1.165) is 5.69 Å². The van der Waals surface area contributed by atoms with Crippen LogP contribution in [-0.2, 0) is 15.4 Å². The minimum absolute atomic E-state index is 0.0552. The van der Waals surface area contributed by atoms with Crippen molar-refractivity contribution in [3.05, 3.63) is 62.9 Å². The van der Waals surface area contributed by atoms with E-state index in [2.05, 4.69) is 10.3 Å². The summed E-state index contributed by atoms with van der Waals surface area (Å²) in [6.45, 7) is 2.47. The van der Waals surface area contributed by atoms with Crippen molar-refractivity contribution < 1.29 is 22.0 Å². The molecule has 0 radical (unpaired) electrons. The number of amides is 1. The van der Waals surface area contributed by atoms with E-state index in [1.165, 1.54) is 4.31 Å². The number of aromatic nitrogens is 1. The van der Waals surface area contributed by atoms with Crippen LogP contribution in [0.3, 0.4) is 0 Å². The van der Waals surface area contributed by atoms with Gasteiger partial charge in [-0.3, -0.25) is 9.78 Å². The fraction of sp³-hybridized carbons (Fsp3) is 0.455. The van der Waals surface area contributed by atoms with E-state index in [4.69, 9.17) is 23.2 Å². The molecule has 1 aliphatic heterocycles. The summed E-state index contributed by atoms with van der Waals surface area (Å²) in [6.07, 6.45) is 2.20. The zero-order valence-corrected chi connectivity index (χ0v) is 20.2. The molecule has 1 aromatic heterocycles. The van der Waals surface area contributed by atoms with Gasteiger partial charge in [-0.1, -0.05) is 29.3 Å². The van der Waals surface area contributed by atoms with Crippen LogP contribution < -0.4 is 5.32 Å². The Balaban J connectivity index is 1.58. The normalized spacial score (nSPS) is 18.8. The highest BCUT2D eigenvalue weighted by molar-refractivity contribution is 7.90. The van der Waals surface area contributed by atoms with Crippen LogP contribution >= 0.6 is 23.2 Å². The molecule has 0 spiro atoms. The molecule has 4 rings (SSSR count). The van der Waals surface area contributed by atoms with Gasteiger partial charge in [-0.05, 0) is 50.8 Å². The fourth-order valence-corrected chi connectivity index (χ4v) is 6.58. The second-order valence-electron chi connectivity index (χ2n) is 8.61. The Hall–Kier alpha value is -1.81. The summed E-state index contributed by atoms with van der Waals surface area (Å²) >= 11 is 11.4. The summed E-state index contributed by atoms with van der Waals surface area (Å²) in [5.74, 6) is -2.98. The van der Waals surface area contributed by atoms with Gasteiger partial charge in [0.05, 0.1) is 20.9 Å². The maximum atomic E-state index is 14.4. The average molecular weight is 518 g/mol. The SMILES string of the molecule is Cc1cccc(C2(CNC(=O)c3c(F)cc(Cl)c(F)c3Cl)CCN(S(=O)(=O)C3CC3)CC2)n1. The van der Waals surface area contributed by atoms with Crippen LogP contribution in [0.15, 0.2) is 24.3 Å². The Labute approximate surface area is 201 Å². The number of carbonyl (C=O) groups excluding carboxylic acids is 1. The van der Waals surface area contributed by atoms with Gasteiger partial charge in [-0.25, -0.2) is 21.5 Å². The molecule has 33 heavy (non-hydrogen) atoms. The summed E-state index contributed by atoms with van der Waals surface area (Å²) in [7, 11) is -3.32. The quantitative estimate of drug-likeness (QED) is 0.459. The third-order valence-corrected chi connectivity index (χ3v) is 9.37. The lowest BCUT2D eigenvalue weighted by Crippen LogP contribution is -2.51. The summed E-state index contributed by atoms with van der Waals surface area (Å²) < 4.78 is 55.3. The van der Waals surface area contributed by atoms with Crippen molar-refractivity contribution in [2.45, 2.75) is 43.3 Å². The van der Waals surface area contributed by atoms with E-state index < -0.39 is 48.6 Å². The lowest BCUT2D eigenvalue weighted by molar-refractivity contribution is 0.0927. The van der Waals surface area contributed by atoms with E-state index in [9.17, 15) is 22.0 Å². The largest absolute Gasteiger partial charge is 0.351 e. The third kappa shape index (κ3) is 4.73. The second-order valence-corrected chi connectivity index (χ2v) is 11.6. The summed E-state index contributed by atoms with van der Waals surface area (Å²) in [4.78, 5) is 17.4. The number of aryl methyl sites for hydroxylation is 1. The molecule has 1 aromatic carbocycles. The van der Waals surface area contributed by atoms with Gasteiger partial charge in [0.1, 0.15) is 5.82 Å². The fourth-order valence-electron chi connectivity index (χ4n) is 4.22. The van der Waals surface area contributed by atoms with Gasteiger partial charge in [0, 0.05) is 36.4 Å². The minimum atomic E-state index is -3.32. The molecule has 0 unspecified atom stereocenters. The zero-order valence-electron chi connectivity index (χ0n) is 17.9. The van der Waals surface area contributed by atoms with Gasteiger partial charge in [0.15, 0.2) is 5.82 Å². The molecule has 0 bridgehead atoms. The topological polar surface area (TPSA) is 79.4 Å². The second kappa shape index (κ2) is 9.09. The highest BCUT2D eigenvalue weighted by atomic mass is 35.5. The smallest absolute Gasteiger partial charge is 0.255 e. The van der Waals surface area contributed by atoms with Gasteiger partial charge in [0.25, 0.3) is 5.91 Å². The number of rotatable bonds is 6. The van der Waals surface area contributed by atoms with Crippen LogP contribution in [0, 0.1) is 18.6 Å². The number of nitrogens with zero attached hydrogens (tertiary/aromatic N) is 2. The molecule has 1 saturated heterocycles. The van der Waals surface area contributed by atoms with Gasteiger partial charge in [-0.2, -0.15) is 0 Å². The first kappa shape index (κ1) is 24.3. The molecule has 1 aliphatic carbocycles. The number of halogens is 4. The Bertz CT molecular complexity index is 1200. The minimum Gasteiger partial charge on any atom is -0.351 e. The van der Waals surface area contributed by atoms with Crippen molar-refractivity contribution in [3.8, 4) is 0 Å². The standard InChI is InChI=1S/C22H23Cl2F2N3O3S/c1-13-3-2-4-17(28-13)22(7-9-29(10-8-22)33(31,32)14-5-6-14)12-27-21(30)18-16(25)11-15(23)20(26)19(18)24/h2-4,11,14H,5-10,12H2,1H3,(H,27,30). The van der Waals surface area contributed by atoms with Crippen LogP contribution in [0.5, 0.6) is 0 Å². The Morgan fingerprint density at radius 2 is 1.91 bits per heavy atom. The predicted octanol–water partition coefficient (Wildman–Crippen LogP) is 4.23. The van der Waals surface area contributed by atoms with Gasteiger partial charge in [0.2, 0.25) is 10.0 Å². The zero-order chi connectivity index (χ0) is 24.0. The number of benzene rings is 1. The highest BCUT2D eigenvalue weighted by Crippen LogP contribution is 2.39. The molecular formula is C22H23Cl2F2N3O3S. The number of piperidine rings is 1. The molecule has 1 saturated carbocycles. The number of pyridine rings is 1. The van der Waals surface area contributed by atoms with Gasteiger partial charge in [-0.15, -0.1) is 0 Å². The first-order chi connectivity index (χ1) is 15.5. The molecule has 178 valence electrons. The van der Waals surface area contributed by atoms with Gasteiger partial charge < -0.3 is 5.32 Å². The maximum Gasteiger partial charge on any atom is 0.255 e. The van der Waals surface area contributed by atoms with Crippen LogP contribution in [0.2, 0.25) is 10.0 Å². The number of carbonyl (C=O) groups is 1. The molecule has 2 fully saturated rings. The summed E-state index contributed by atoms with van der Waals surface area (Å²) in [5, 5.41) is 1.16. The van der Waals surface area contributed by atoms with Crippen molar-refractivity contribution in [2.24, 2.45) is 0 Å². The molecular weight excluding hydrogens is 495 g/mol. The monoisotopic (exact) mass is 517 g/mol. The summed E-state index contributed by atoms with van der Waals surface area (Å²) in [5.41, 5.74) is 0.186. The Kier molecular flexibility index (Phi) is 6.70. The lowest BCUT2D eigenvalue weighted by Gasteiger charge is -2.41. The molecule has 1 amide bonds. The van der Waals surface area contributed by atoms with Crippen molar-refractivity contribution >= 4 is 39.1 Å².